The SMILES string of the molecule is CCc1ccc(C(NN)c2ccc(Br)c(Cl)c2)cc1. The van der Waals surface area contributed by atoms with Crippen molar-refractivity contribution in [1.29, 1.82) is 0 Å². The van der Waals surface area contributed by atoms with E-state index in [-0.39, 0.29) is 6.04 Å². The monoisotopic (exact) mass is 338 g/mol. The molecular formula is C15H16BrClN2. The Morgan fingerprint density at radius 3 is 2.32 bits per heavy atom. The van der Waals surface area contributed by atoms with Crippen LogP contribution in [-0.4, -0.2) is 0 Å². The Hall–Kier alpha value is -0.870. The van der Waals surface area contributed by atoms with Gasteiger partial charge in [-0.25, -0.2) is 5.43 Å². The van der Waals surface area contributed by atoms with Crippen LogP contribution in [0.3, 0.4) is 0 Å². The molecule has 19 heavy (non-hydrogen) atoms. The van der Waals surface area contributed by atoms with Gasteiger partial charge in [0.05, 0.1) is 11.1 Å². The van der Waals surface area contributed by atoms with Crippen molar-refractivity contribution in [2.45, 2.75) is 19.4 Å². The highest BCUT2D eigenvalue weighted by Crippen LogP contribution is 2.28. The van der Waals surface area contributed by atoms with Crippen molar-refractivity contribution in [1.82, 2.24) is 5.43 Å². The standard InChI is InChI=1S/C15H16BrClN2/c1-2-10-3-5-11(6-4-10)15(19-18)12-7-8-13(16)14(17)9-12/h3-9,15,19H,2,18H2,1H3. The number of hydrazine groups is 1. The van der Waals surface area contributed by atoms with Crippen molar-refractivity contribution in [3.63, 3.8) is 0 Å². The average molecular weight is 340 g/mol. The summed E-state index contributed by atoms with van der Waals surface area (Å²) in [6.45, 7) is 2.14. The molecule has 100 valence electrons. The molecule has 0 aliphatic rings. The zero-order chi connectivity index (χ0) is 13.8. The summed E-state index contributed by atoms with van der Waals surface area (Å²) in [6.07, 6.45) is 1.03. The summed E-state index contributed by atoms with van der Waals surface area (Å²) in [4.78, 5) is 0. The lowest BCUT2D eigenvalue weighted by Gasteiger charge is -2.18. The number of halogens is 2. The van der Waals surface area contributed by atoms with E-state index in [1.807, 2.05) is 18.2 Å². The van der Waals surface area contributed by atoms with Crippen LogP contribution in [0.4, 0.5) is 0 Å². The maximum absolute atomic E-state index is 6.13. The molecule has 0 saturated carbocycles. The lowest BCUT2D eigenvalue weighted by atomic mass is 9.98. The molecule has 2 aromatic carbocycles. The molecule has 3 N–H and O–H groups in total. The van der Waals surface area contributed by atoms with Crippen molar-refractivity contribution >= 4 is 27.5 Å². The van der Waals surface area contributed by atoms with Crippen molar-refractivity contribution < 1.29 is 0 Å². The van der Waals surface area contributed by atoms with Gasteiger partial charge in [-0.15, -0.1) is 0 Å². The first-order valence-electron chi connectivity index (χ1n) is 6.15. The van der Waals surface area contributed by atoms with Gasteiger partial charge in [0.1, 0.15) is 0 Å². The summed E-state index contributed by atoms with van der Waals surface area (Å²) in [5.74, 6) is 5.69. The zero-order valence-corrected chi connectivity index (χ0v) is 13.0. The van der Waals surface area contributed by atoms with Crippen LogP contribution in [0, 0.1) is 0 Å². The average Bonchev–Trinajstić information content (AvgIpc) is 2.44. The molecule has 2 nitrogen and oxygen atoms in total. The lowest BCUT2D eigenvalue weighted by Crippen LogP contribution is -2.28. The predicted molar refractivity (Wildman–Crippen MR) is 84.1 cm³/mol. The van der Waals surface area contributed by atoms with Crippen molar-refractivity contribution in [3.05, 3.63) is 68.7 Å². The second kappa shape index (κ2) is 6.53. The lowest BCUT2D eigenvalue weighted by molar-refractivity contribution is 0.636. The normalized spacial score (nSPS) is 12.4. The molecule has 0 fully saturated rings. The first-order chi connectivity index (χ1) is 9.15. The third-order valence-corrected chi connectivity index (χ3v) is 4.40. The van der Waals surface area contributed by atoms with E-state index in [2.05, 4.69) is 52.5 Å². The fourth-order valence-corrected chi connectivity index (χ4v) is 2.46. The van der Waals surface area contributed by atoms with E-state index in [0.717, 1.165) is 22.0 Å². The maximum atomic E-state index is 6.13. The third kappa shape index (κ3) is 3.37. The van der Waals surface area contributed by atoms with Gasteiger partial charge in [-0.05, 0) is 51.2 Å². The fourth-order valence-electron chi connectivity index (χ4n) is 2.02. The smallest absolute Gasteiger partial charge is 0.0710 e. The maximum Gasteiger partial charge on any atom is 0.0710 e. The first kappa shape index (κ1) is 14.5. The number of nitrogens with one attached hydrogen (secondary N) is 1. The van der Waals surface area contributed by atoms with Gasteiger partial charge >= 0.3 is 0 Å². The van der Waals surface area contributed by atoms with Crippen LogP contribution >= 0.6 is 27.5 Å². The number of rotatable bonds is 4. The first-order valence-corrected chi connectivity index (χ1v) is 7.32. The number of aryl methyl sites for hydroxylation is 1. The van der Waals surface area contributed by atoms with Gasteiger partial charge in [-0.1, -0.05) is 48.9 Å². The Morgan fingerprint density at radius 2 is 1.79 bits per heavy atom. The summed E-state index contributed by atoms with van der Waals surface area (Å²) in [5.41, 5.74) is 6.32. The van der Waals surface area contributed by atoms with Gasteiger partial charge in [0.15, 0.2) is 0 Å². The van der Waals surface area contributed by atoms with Gasteiger partial charge in [0.25, 0.3) is 0 Å². The van der Waals surface area contributed by atoms with Crippen LogP contribution in [0.25, 0.3) is 0 Å². The third-order valence-electron chi connectivity index (χ3n) is 3.16. The highest BCUT2D eigenvalue weighted by molar-refractivity contribution is 9.10. The number of nitrogens with two attached hydrogens (primary N) is 1. The molecule has 0 amide bonds. The molecule has 2 rings (SSSR count). The van der Waals surface area contributed by atoms with Crippen LogP contribution in [-0.2, 0) is 6.42 Å². The van der Waals surface area contributed by atoms with Gasteiger partial charge in [-0.2, -0.15) is 0 Å². The van der Waals surface area contributed by atoms with Crippen molar-refractivity contribution in [2.75, 3.05) is 0 Å². The Morgan fingerprint density at radius 1 is 1.16 bits per heavy atom. The molecular weight excluding hydrogens is 324 g/mol. The van der Waals surface area contributed by atoms with Crippen LogP contribution in [0.2, 0.25) is 5.02 Å². The number of hydrogen-bond acceptors (Lipinski definition) is 2. The van der Waals surface area contributed by atoms with E-state index in [9.17, 15) is 0 Å². The van der Waals surface area contributed by atoms with E-state index in [1.165, 1.54) is 5.56 Å². The molecule has 0 bridgehead atoms. The minimum absolute atomic E-state index is 0.0588. The van der Waals surface area contributed by atoms with Crippen LogP contribution in [0.1, 0.15) is 29.7 Å². The number of benzene rings is 2. The highest BCUT2D eigenvalue weighted by Gasteiger charge is 2.13. The molecule has 4 heteroatoms. The number of hydrogen-bond donors (Lipinski definition) is 2. The molecule has 0 saturated heterocycles. The molecule has 2 aromatic rings. The summed E-state index contributed by atoms with van der Waals surface area (Å²) in [6, 6.07) is 14.2. The fraction of sp³-hybridized carbons (Fsp3) is 0.200. The Balaban J connectivity index is 2.34. The Kier molecular flexibility index (Phi) is 4.99. The quantitative estimate of drug-likeness (QED) is 0.646. The van der Waals surface area contributed by atoms with Crippen LogP contribution < -0.4 is 11.3 Å². The second-order valence-electron chi connectivity index (χ2n) is 4.37. The van der Waals surface area contributed by atoms with E-state index in [1.54, 1.807) is 0 Å². The Bertz CT molecular complexity index is 555. The molecule has 0 aromatic heterocycles. The van der Waals surface area contributed by atoms with Gasteiger partial charge < -0.3 is 0 Å². The zero-order valence-electron chi connectivity index (χ0n) is 10.7. The molecule has 1 atom stereocenters. The largest absolute Gasteiger partial charge is 0.271 e. The van der Waals surface area contributed by atoms with Gasteiger partial charge in [0.2, 0.25) is 0 Å². The summed E-state index contributed by atoms with van der Waals surface area (Å²) in [7, 11) is 0. The van der Waals surface area contributed by atoms with E-state index >= 15 is 0 Å². The van der Waals surface area contributed by atoms with Crippen LogP contribution in [0.15, 0.2) is 46.9 Å². The van der Waals surface area contributed by atoms with Gasteiger partial charge in [-0.3, -0.25) is 5.84 Å². The minimum Gasteiger partial charge on any atom is -0.271 e. The molecule has 1 unspecified atom stereocenters. The molecule has 0 spiro atoms. The summed E-state index contributed by atoms with van der Waals surface area (Å²) >= 11 is 9.53. The van der Waals surface area contributed by atoms with E-state index in [0.29, 0.717) is 5.02 Å². The molecule has 0 heterocycles. The Labute approximate surface area is 127 Å². The summed E-state index contributed by atoms with van der Waals surface area (Å²) in [5, 5.41) is 0.683. The van der Waals surface area contributed by atoms with Crippen LogP contribution in [0.5, 0.6) is 0 Å². The highest BCUT2D eigenvalue weighted by atomic mass is 79.9. The van der Waals surface area contributed by atoms with E-state index in [4.69, 9.17) is 17.4 Å². The van der Waals surface area contributed by atoms with E-state index < -0.39 is 0 Å². The summed E-state index contributed by atoms with van der Waals surface area (Å²) < 4.78 is 0.884. The molecule has 0 aliphatic heterocycles. The topological polar surface area (TPSA) is 38.0 Å². The van der Waals surface area contributed by atoms with Crippen molar-refractivity contribution in [3.8, 4) is 0 Å². The van der Waals surface area contributed by atoms with Gasteiger partial charge in [0, 0.05) is 4.47 Å². The minimum atomic E-state index is -0.0588. The van der Waals surface area contributed by atoms with Crippen molar-refractivity contribution in [2.24, 2.45) is 5.84 Å². The predicted octanol–water partition coefficient (Wildman–Crippen LogP) is 4.22. The molecule has 0 aliphatic carbocycles. The second-order valence-corrected chi connectivity index (χ2v) is 5.63. The molecule has 0 radical (unpaired) electrons.